The van der Waals surface area contributed by atoms with Crippen molar-refractivity contribution in [2.24, 2.45) is 0 Å². The van der Waals surface area contributed by atoms with Gasteiger partial charge in [0.15, 0.2) is 5.78 Å². The van der Waals surface area contributed by atoms with Crippen LogP contribution in [0.4, 0.5) is 0 Å². The highest BCUT2D eigenvalue weighted by Gasteiger charge is 2.20. The van der Waals surface area contributed by atoms with E-state index >= 15 is 0 Å². The molecule has 84 valence electrons. The number of aromatic nitrogens is 1. The summed E-state index contributed by atoms with van der Waals surface area (Å²) >= 11 is 1.32. The molecule has 6 heteroatoms. The van der Waals surface area contributed by atoms with E-state index in [9.17, 15) is 4.79 Å². The van der Waals surface area contributed by atoms with Gasteiger partial charge in [-0.1, -0.05) is 30.0 Å². The predicted molar refractivity (Wildman–Crippen MR) is 63.5 cm³/mol. The molecule has 0 amide bonds. The third-order valence-electron chi connectivity index (χ3n) is 2.01. The summed E-state index contributed by atoms with van der Waals surface area (Å²) in [5.74, 6) is 0.0441. The molecule has 0 unspecified atom stereocenters. The summed E-state index contributed by atoms with van der Waals surface area (Å²) < 4.78 is 9.47. The molecule has 1 aromatic heterocycles. The van der Waals surface area contributed by atoms with Crippen LogP contribution in [-0.2, 0) is 0 Å². The number of hydrogen-bond acceptors (Lipinski definition) is 5. The maximum absolute atomic E-state index is 11.3. The Hall–Kier alpha value is -1.69. The van der Waals surface area contributed by atoms with E-state index in [4.69, 9.17) is 12.6 Å². The molecule has 1 aromatic carbocycles. The molecular formula is C11H8BNO3S. The number of hydrogen-bond donors (Lipinski definition) is 0. The van der Waals surface area contributed by atoms with E-state index in [1.807, 2.05) is 30.3 Å². The second-order valence-electron chi connectivity index (χ2n) is 3.24. The van der Waals surface area contributed by atoms with E-state index in [0.717, 1.165) is 4.90 Å². The van der Waals surface area contributed by atoms with Crippen LogP contribution in [0.2, 0.25) is 0 Å². The van der Waals surface area contributed by atoms with Gasteiger partial charge >= 0.3 is 8.05 Å². The van der Waals surface area contributed by atoms with Crippen molar-refractivity contribution in [3.63, 3.8) is 0 Å². The van der Waals surface area contributed by atoms with Gasteiger partial charge in [0.1, 0.15) is 4.90 Å². The summed E-state index contributed by atoms with van der Waals surface area (Å²) in [6.07, 6.45) is 0. The first-order valence-electron chi connectivity index (χ1n) is 4.82. The molecular weight excluding hydrogens is 237 g/mol. The molecule has 0 saturated heterocycles. The highest BCUT2D eigenvalue weighted by atomic mass is 32.2. The minimum Gasteiger partial charge on any atom is -0.552 e. The third-order valence-corrected chi connectivity index (χ3v) is 3.09. The molecule has 4 nitrogen and oxygen atoms in total. The molecule has 2 rings (SSSR count). The predicted octanol–water partition coefficient (Wildman–Crippen LogP) is 2.49. The van der Waals surface area contributed by atoms with Crippen LogP contribution in [0.3, 0.4) is 0 Å². The fourth-order valence-electron chi connectivity index (χ4n) is 1.26. The van der Waals surface area contributed by atoms with E-state index in [1.54, 1.807) is 0 Å². The minimum atomic E-state index is -0.223. The van der Waals surface area contributed by atoms with Gasteiger partial charge in [0.05, 0.1) is 0 Å². The van der Waals surface area contributed by atoms with Gasteiger partial charge in [-0.05, 0) is 17.3 Å². The summed E-state index contributed by atoms with van der Waals surface area (Å²) in [4.78, 5) is 12.8. The van der Waals surface area contributed by atoms with Crippen LogP contribution in [0.1, 0.15) is 17.5 Å². The highest BCUT2D eigenvalue weighted by molar-refractivity contribution is 7.99. The maximum atomic E-state index is 11.3. The lowest BCUT2D eigenvalue weighted by Crippen LogP contribution is -1.92. The van der Waals surface area contributed by atoms with Gasteiger partial charge in [-0.15, -0.1) is 0 Å². The Morgan fingerprint density at radius 3 is 2.71 bits per heavy atom. The summed E-state index contributed by atoms with van der Waals surface area (Å²) in [6.45, 7) is 1.40. The molecule has 17 heavy (non-hydrogen) atoms. The van der Waals surface area contributed by atoms with Crippen molar-refractivity contribution >= 4 is 25.6 Å². The summed E-state index contributed by atoms with van der Waals surface area (Å²) in [5, 5.41) is 3.59. The molecule has 1 heterocycles. The summed E-state index contributed by atoms with van der Waals surface area (Å²) in [7, 11) is 5.07. The lowest BCUT2D eigenvalue weighted by Gasteiger charge is -2.01. The molecule has 0 bridgehead atoms. The molecule has 0 saturated carbocycles. The number of nitrogens with zero attached hydrogens (tertiary/aromatic N) is 1. The second kappa shape index (κ2) is 5.10. The first-order valence-corrected chi connectivity index (χ1v) is 5.64. The van der Waals surface area contributed by atoms with E-state index in [-0.39, 0.29) is 17.4 Å². The van der Waals surface area contributed by atoms with Gasteiger partial charge in [-0.2, -0.15) is 0 Å². The van der Waals surface area contributed by atoms with Crippen LogP contribution in [0.5, 0.6) is 5.88 Å². The minimum absolute atomic E-state index is 0.115. The molecule has 0 atom stereocenters. The first kappa shape index (κ1) is 11.8. The number of carbonyl (C=O) groups excluding carboxylic acids is 1. The van der Waals surface area contributed by atoms with Gasteiger partial charge in [0.2, 0.25) is 5.76 Å². The Morgan fingerprint density at radius 1 is 1.41 bits per heavy atom. The number of Topliss-reactive ketones (excluding diaryl/α,β-unsaturated/α-hetero) is 1. The number of rotatable bonds is 4. The Morgan fingerprint density at radius 2 is 2.12 bits per heavy atom. The number of ketones is 1. The van der Waals surface area contributed by atoms with Crippen molar-refractivity contribution in [1.82, 2.24) is 5.16 Å². The van der Waals surface area contributed by atoms with Crippen LogP contribution in [0, 0.1) is 0 Å². The van der Waals surface area contributed by atoms with Crippen LogP contribution in [0.15, 0.2) is 44.6 Å². The summed E-state index contributed by atoms with van der Waals surface area (Å²) in [6, 6.07) is 9.51. The van der Waals surface area contributed by atoms with Crippen molar-refractivity contribution in [2.75, 3.05) is 0 Å². The van der Waals surface area contributed by atoms with Crippen molar-refractivity contribution in [3.05, 3.63) is 36.1 Å². The number of carbonyl (C=O) groups is 1. The van der Waals surface area contributed by atoms with Crippen LogP contribution in [0.25, 0.3) is 0 Å². The van der Waals surface area contributed by atoms with Gasteiger partial charge in [-0.25, -0.2) is 0 Å². The third kappa shape index (κ3) is 2.53. The maximum Gasteiger partial charge on any atom is 0.376 e. The molecule has 2 radical (unpaired) electrons. The van der Waals surface area contributed by atoms with Crippen LogP contribution >= 0.6 is 11.8 Å². The normalized spacial score (nSPS) is 10.2. The lowest BCUT2D eigenvalue weighted by atomic mass is 10.3. The molecule has 0 N–H and O–H groups in total. The van der Waals surface area contributed by atoms with E-state index in [0.29, 0.717) is 4.90 Å². The van der Waals surface area contributed by atoms with Gasteiger partial charge in [0.25, 0.3) is 5.88 Å². The zero-order valence-electron chi connectivity index (χ0n) is 9.04. The van der Waals surface area contributed by atoms with Crippen molar-refractivity contribution in [1.29, 1.82) is 0 Å². The van der Waals surface area contributed by atoms with E-state index in [2.05, 4.69) is 9.81 Å². The molecule has 2 aromatic rings. The Bertz CT molecular complexity index is 527. The van der Waals surface area contributed by atoms with Gasteiger partial charge in [0, 0.05) is 11.8 Å². The SMILES string of the molecule is [B]Oc1noc(C(C)=O)c1Sc1ccccc1. The summed E-state index contributed by atoms with van der Waals surface area (Å²) in [5.41, 5.74) is 0. The first-order chi connectivity index (χ1) is 8.22. The fraction of sp³-hybridized carbons (Fsp3) is 0.0909. The molecule has 0 fully saturated rings. The van der Waals surface area contributed by atoms with Gasteiger partial charge < -0.3 is 9.18 Å². The average molecular weight is 245 g/mol. The zero-order chi connectivity index (χ0) is 12.3. The number of benzene rings is 1. The Labute approximate surface area is 104 Å². The molecule has 0 aliphatic heterocycles. The lowest BCUT2D eigenvalue weighted by molar-refractivity contribution is 0.0974. The van der Waals surface area contributed by atoms with Crippen molar-refractivity contribution < 1.29 is 14.0 Å². The highest BCUT2D eigenvalue weighted by Crippen LogP contribution is 2.37. The van der Waals surface area contributed by atoms with E-state index in [1.165, 1.54) is 18.7 Å². The molecule has 0 aliphatic rings. The standard InChI is InChI=1S/C11H8BNO3S/c1-7(14)9-10(11(15-12)13-16-9)17-8-5-3-2-4-6-8/h2-6H,1H3. The van der Waals surface area contributed by atoms with Crippen LogP contribution in [-0.4, -0.2) is 19.0 Å². The average Bonchev–Trinajstić information content (AvgIpc) is 2.73. The smallest absolute Gasteiger partial charge is 0.376 e. The topological polar surface area (TPSA) is 52.3 Å². The quantitative estimate of drug-likeness (QED) is 0.611. The zero-order valence-corrected chi connectivity index (χ0v) is 9.86. The fourth-order valence-corrected chi connectivity index (χ4v) is 2.24. The largest absolute Gasteiger partial charge is 0.552 e. The molecule has 0 spiro atoms. The molecule has 0 aliphatic carbocycles. The van der Waals surface area contributed by atoms with E-state index < -0.39 is 0 Å². The van der Waals surface area contributed by atoms with Gasteiger partial charge in [-0.3, -0.25) is 4.79 Å². The second-order valence-corrected chi connectivity index (χ2v) is 4.32. The van der Waals surface area contributed by atoms with Crippen molar-refractivity contribution in [2.45, 2.75) is 16.7 Å². The Kier molecular flexibility index (Phi) is 3.53. The monoisotopic (exact) mass is 245 g/mol. The van der Waals surface area contributed by atoms with Crippen LogP contribution < -0.4 is 4.65 Å². The Balaban J connectivity index is 2.37. The van der Waals surface area contributed by atoms with Crippen molar-refractivity contribution in [3.8, 4) is 5.88 Å².